The van der Waals surface area contributed by atoms with Crippen molar-refractivity contribution in [3.05, 3.63) is 58.9 Å². The van der Waals surface area contributed by atoms with Gasteiger partial charge in [-0.15, -0.1) is 0 Å². The normalized spacial score (nSPS) is 17.6. The molecule has 2 heterocycles. The number of benzene rings is 2. The van der Waals surface area contributed by atoms with Crippen LogP contribution in [0.4, 0.5) is 20.6 Å². The third kappa shape index (κ3) is 4.94. The number of fused-ring (bicyclic) bond motifs is 1. The number of carbonyl (C=O) groups excluding carboxylic acids is 2. The van der Waals surface area contributed by atoms with E-state index >= 15 is 4.39 Å². The van der Waals surface area contributed by atoms with Gasteiger partial charge in [-0.3, -0.25) is 4.79 Å². The summed E-state index contributed by atoms with van der Waals surface area (Å²) in [4.78, 5) is 29.7. The van der Waals surface area contributed by atoms with Crippen molar-refractivity contribution in [3.8, 4) is 11.8 Å². The molecule has 3 N–H and O–H groups in total. The van der Waals surface area contributed by atoms with Gasteiger partial charge in [0.2, 0.25) is 0 Å². The van der Waals surface area contributed by atoms with E-state index in [0.717, 1.165) is 30.6 Å². The second kappa shape index (κ2) is 9.51. The van der Waals surface area contributed by atoms with E-state index in [-0.39, 0.29) is 18.3 Å². The van der Waals surface area contributed by atoms with Gasteiger partial charge in [-0.05, 0) is 68.9 Å². The Kier molecular flexibility index (Phi) is 6.52. The Labute approximate surface area is 193 Å². The third-order valence-electron chi connectivity index (χ3n) is 6.25. The van der Waals surface area contributed by atoms with Crippen molar-refractivity contribution in [2.24, 2.45) is 5.73 Å². The molecule has 2 aromatic carbocycles. The molecule has 0 spiro atoms. The lowest BCUT2D eigenvalue weighted by atomic mass is 9.96. The van der Waals surface area contributed by atoms with Crippen LogP contribution in [0.25, 0.3) is 0 Å². The Balaban J connectivity index is 1.48. The first-order chi connectivity index (χ1) is 15.8. The molecule has 0 bridgehead atoms. The lowest BCUT2D eigenvalue weighted by molar-refractivity contribution is 0.0980. The molecule has 33 heavy (non-hydrogen) atoms. The smallest absolute Gasteiger partial charge is 0.312 e. The Morgan fingerprint density at radius 2 is 2.06 bits per heavy atom. The maximum absolute atomic E-state index is 15.0. The van der Waals surface area contributed by atoms with Crippen LogP contribution in [-0.4, -0.2) is 63.2 Å². The average Bonchev–Trinajstić information content (AvgIpc) is 3.27. The number of nitrogens with two attached hydrogens (primary N) is 1. The van der Waals surface area contributed by atoms with Crippen LogP contribution >= 0.6 is 0 Å². The number of nitrogens with one attached hydrogen (secondary N) is 1. The number of carbonyl (C=O) groups is 2. The SMILES string of the molecule is CN(C)[C@@H]1CCN(c2ccc(N3CCc4cc(C#CCNC(N)=O)ccc4C3=O)cc2F)C1. The summed E-state index contributed by atoms with van der Waals surface area (Å²) in [6, 6.07) is 10.3. The number of likely N-dealkylation sites (N-methyl/N-ethyl adjacent to an activating group) is 1. The fourth-order valence-corrected chi connectivity index (χ4v) is 4.39. The first kappa shape index (κ1) is 22.6. The van der Waals surface area contributed by atoms with Crippen molar-refractivity contribution in [1.29, 1.82) is 0 Å². The lowest BCUT2D eigenvalue weighted by Crippen LogP contribution is -2.37. The highest BCUT2D eigenvalue weighted by atomic mass is 19.1. The number of amides is 3. The van der Waals surface area contributed by atoms with Gasteiger partial charge in [-0.2, -0.15) is 0 Å². The Morgan fingerprint density at radius 3 is 2.76 bits per heavy atom. The van der Waals surface area contributed by atoms with E-state index in [9.17, 15) is 9.59 Å². The molecule has 172 valence electrons. The molecule has 4 rings (SSSR count). The summed E-state index contributed by atoms with van der Waals surface area (Å²) in [5.74, 6) is 5.33. The van der Waals surface area contributed by atoms with Crippen LogP contribution in [0.2, 0.25) is 0 Å². The summed E-state index contributed by atoms with van der Waals surface area (Å²) in [6.07, 6.45) is 1.65. The number of hydrogen-bond acceptors (Lipinski definition) is 4. The summed E-state index contributed by atoms with van der Waals surface area (Å²) in [5.41, 5.74) is 8.44. The summed E-state index contributed by atoms with van der Waals surface area (Å²) >= 11 is 0. The number of primary amides is 1. The summed E-state index contributed by atoms with van der Waals surface area (Å²) in [5, 5.41) is 2.41. The first-order valence-corrected chi connectivity index (χ1v) is 11.0. The zero-order chi connectivity index (χ0) is 23.5. The molecule has 3 amide bonds. The number of rotatable bonds is 4. The van der Waals surface area contributed by atoms with Gasteiger partial charge in [0.05, 0.1) is 12.2 Å². The molecule has 2 aliphatic heterocycles. The summed E-state index contributed by atoms with van der Waals surface area (Å²) in [7, 11) is 4.09. The average molecular weight is 450 g/mol. The molecule has 0 aromatic heterocycles. The van der Waals surface area contributed by atoms with Gasteiger partial charge < -0.3 is 25.8 Å². The van der Waals surface area contributed by atoms with Gasteiger partial charge in [0.1, 0.15) is 5.82 Å². The van der Waals surface area contributed by atoms with Crippen LogP contribution in [0.5, 0.6) is 0 Å². The minimum atomic E-state index is -0.622. The van der Waals surface area contributed by atoms with E-state index in [1.165, 1.54) is 6.07 Å². The highest BCUT2D eigenvalue weighted by molar-refractivity contribution is 6.08. The van der Waals surface area contributed by atoms with Gasteiger partial charge in [-0.25, -0.2) is 9.18 Å². The second-order valence-corrected chi connectivity index (χ2v) is 8.59. The molecule has 0 saturated carbocycles. The quantitative estimate of drug-likeness (QED) is 0.702. The van der Waals surface area contributed by atoms with E-state index in [0.29, 0.717) is 35.9 Å². The molecule has 0 radical (unpaired) electrons. The minimum absolute atomic E-state index is 0.146. The Hall–Kier alpha value is -3.57. The van der Waals surface area contributed by atoms with Gasteiger partial charge in [-0.1, -0.05) is 11.8 Å². The van der Waals surface area contributed by atoms with Gasteiger partial charge in [0, 0.05) is 42.5 Å². The van der Waals surface area contributed by atoms with Crippen LogP contribution in [0.15, 0.2) is 36.4 Å². The zero-order valence-corrected chi connectivity index (χ0v) is 18.9. The van der Waals surface area contributed by atoms with E-state index < -0.39 is 6.03 Å². The van der Waals surface area contributed by atoms with Crippen LogP contribution in [0, 0.1) is 17.7 Å². The van der Waals surface area contributed by atoms with E-state index in [1.807, 2.05) is 26.2 Å². The third-order valence-corrected chi connectivity index (χ3v) is 6.25. The fourth-order valence-electron chi connectivity index (χ4n) is 4.39. The molecule has 0 aliphatic carbocycles. The zero-order valence-electron chi connectivity index (χ0n) is 18.9. The van der Waals surface area contributed by atoms with Crippen LogP contribution < -0.4 is 20.9 Å². The van der Waals surface area contributed by atoms with E-state index in [4.69, 9.17) is 5.73 Å². The summed E-state index contributed by atoms with van der Waals surface area (Å²) in [6.45, 7) is 2.24. The number of nitrogens with zero attached hydrogens (tertiary/aromatic N) is 3. The van der Waals surface area contributed by atoms with Crippen LogP contribution in [-0.2, 0) is 6.42 Å². The molecule has 0 unspecified atom stereocenters. The molecule has 2 aliphatic rings. The maximum atomic E-state index is 15.0. The predicted octanol–water partition coefficient (Wildman–Crippen LogP) is 2.19. The predicted molar refractivity (Wildman–Crippen MR) is 127 cm³/mol. The van der Waals surface area contributed by atoms with E-state index in [2.05, 4.69) is 27.0 Å². The molecule has 7 nitrogen and oxygen atoms in total. The van der Waals surface area contributed by atoms with Gasteiger partial charge >= 0.3 is 6.03 Å². The van der Waals surface area contributed by atoms with Crippen molar-refractivity contribution in [3.63, 3.8) is 0 Å². The minimum Gasteiger partial charge on any atom is -0.368 e. The number of halogens is 1. The highest BCUT2D eigenvalue weighted by Crippen LogP contribution is 2.31. The summed E-state index contributed by atoms with van der Waals surface area (Å²) < 4.78 is 15.0. The molecular weight excluding hydrogens is 421 g/mol. The van der Waals surface area contributed by atoms with Gasteiger partial charge in [0.15, 0.2) is 0 Å². The number of urea groups is 1. The van der Waals surface area contributed by atoms with Crippen LogP contribution in [0.1, 0.15) is 27.9 Å². The van der Waals surface area contributed by atoms with Crippen LogP contribution in [0.3, 0.4) is 0 Å². The Bertz CT molecular complexity index is 1140. The Morgan fingerprint density at radius 1 is 1.24 bits per heavy atom. The monoisotopic (exact) mass is 449 g/mol. The molecule has 1 atom stereocenters. The lowest BCUT2D eigenvalue weighted by Gasteiger charge is -2.29. The number of hydrogen-bond donors (Lipinski definition) is 2. The van der Waals surface area contributed by atoms with Crippen molar-refractivity contribution in [1.82, 2.24) is 10.2 Å². The molecular formula is C25H28FN5O2. The topological polar surface area (TPSA) is 81.9 Å². The van der Waals surface area contributed by atoms with Gasteiger partial charge in [0.25, 0.3) is 5.91 Å². The maximum Gasteiger partial charge on any atom is 0.312 e. The van der Waals surface area contributed by atoms with Crippen molar-refractivity contribution >= 4 is 23.3 Å². The molecule has 2 aromatic rings. The fraction of sp³-hybridized carbons (Fsp3) is 0.360. The van der Waals surface area contributed by atoms with E-state index in [1.54, 1.807) is 23.1 Å². The van der Waals surface area contributed by atoms with Crippen molar-refractivity contribution in [2.45, 2.75) is 18.9 Å². The largest absolute Gasteiger partial charge is 0.368 e. The highest BCUT2D eigenvalue weighted by Gasteiger charge is 2.28. The number of anilines is 2. The molecule has 1 saturated heterocycles. The van der Waals surface area contributed by atoms with Crippen molar-refractivity contribution < 1.29 is 14.0 Å². The molecule has 1 fully saturated rings. The second-order valence-electron chi connectivity index (χ2n) is 8.59. The standard InChI is InChI=1S/C25H28FN5O2/c1-29(2)20-10-12-30(16-20)23-8-6-19(15-22(23)26)31-13-9-18-14-17(4-3-11-28-25(27)33)5-7-21(18)24(31)32/h5-8,14-15,20H,9-13,16H2,1-2H3,(H3,27,28,33)/t20-/m1/s1. The molecule has 8 heteroatoms. The first-order valence-electron chi connectivity index (χ1n) is 11.0. The van der Waals surface area contributed by atoms with Crippen molar-refractivity contribution in [2.75, 3.05) is 50.1 Å².